The first-order chi connectivity index (χ1) is 11.6. The fraction of sp³-hybridized carbons (Fsp3) is 0.526. The van der Waals surface area contributed by atoms with Gasteiger partial charge >= 0.3 is 5.97 Å². The maximum absolute atomic E-state index is 12.3. The summed E-state index contributed by atoms with van der Waals surface area (Å²) in [5, 5.41) is 0.873. The molecule has 24 heavy (non-hydrogen) atoms. The molecule has 0 aliphatic heterocycles. The summed E-state index contributed by atoms with van der Waals surface area (Å²) in [7, 11) is -1.22. The van der Waals surface area contributed by atoms with Crippen LogP contribution in [0.4, 0.5) is 0 Å². The average molecular weight is 348 g/mol. The van der Waals surface area contributed by atoms with Gasteiger partial charge < -0.3 is 9.15 Å². The number of carbonyl (C=O) groups excluding carboxylic acids is 1. The largest absolute Gasteiger partial charge is 0.466 e. The lowest BCUT2D eigenvalue weighted by Gasteiger charge is -2.21. The molecule has 130 valence electrons. The van der Waals surface area contributed by atoms with E-state index in [2.05, 4.69) is 12.1 Å². The quantitative estimate of drug-likeness (QED) is 0.755. The first kappa shape index (κ1) is 17.2. The Hall–Kier alpha value is -1.62. The van der Waals surface area contributed by atoms with Crippen LogP contribution in [0.5, 0.6) is 0 Å². The molecular formula is C19H24O4S. The fourth-order valence-corrected chi connectivity index (χ4v) is 4.51. The van der Waals surface area contributed by atoms with Gasteiger partial charge in [-0.15, -0.1) is 0 Å². The van der Waals surface area contributed by atoms with E-state index in [0.29, 0.717) is 28.8 Å². The summed E-state index contributed by atoms with van der Waals surface area (Å²) < 4.78 is 23.1. The van der Waals surface area contributed by atoms with Crippen LogP contribution in [0.2, 0.25) is 0 Å². The second kappa shape index (κ2) is 7.51. The van der Waals surface area contributed by atoms with Gasteiger partial charge in [0, 0.05) is 11.6 Å². The van der Waals surface area contributed by atoms with Gasteiger partial charge in [0.25, 0.3) is 0 Å². The van der Waals surface area contributed by atoms with Crippen molar-refractivity contribution in [3.63, 3.8) is 0 Å². The number of esters is 1. The lowest BCUT2D eigenvalue weighted by atomic mass is 9.84. The minimum Gasteiger partial charge on any atom is -0.466 e. The monoisotopic (exact) mass is 348 g/mol. The van der Waals surface area contributed by atoms with Crippen molar-refractivity contribution in [2.45, 2.75) is 56.3 Å². The van der Waals surface area contributed by atoms with E-state index in [9.17, 15) is 9.00 Å². The first-order valence-electron chi connectivity index (χ1n) is 8.64. The zero-order valence-corrected chi connectivity index (χ0v) is 15.1. The Morgan fingerprint density at radius 2 is 2.04 bits per heavy atom. The number of hydrogen-bond donors (Lipinski definition) is 0. The van der Waals surface area contributed by atoms with Crippen LogP contribution in [-0.2, 0) is 26.8 Å². The smallest absolute Gasteiger partial charge is 0.313 e. The van der Waals surface area contributed by atoms with E-state index in [-0.39, 0.29) is 12.4 Å². The number of benzene rings is 1. The van der Waals surface area contributed by atoms with E-state index < -0.39 is 10.8 Å². The number of furan rings is 1. The predicted octanol–water partition coefficient (Wildman–Crippen LogP) is 4.32. The van der Waals surface area contributed by atoms with Gasteiger partial charge in [-0.2, -0.15) is 0 Å². The van der Waals surface area contributed by atoms with Crippen molar-refractivity contribution in [2.24, 2.45) is 0 Å². The molecule has 1 unspecified atom stereocenters. The van der Waals surface area contributed by atoms with Crippen molar-refractivity contribution in [3.05, 3.63) is 29.5 Å². The molecule has 0 radical (unpaired) electrons. The topological polar surface area (TPSA) is 56.5 Å². The molecule has 1 heterocycles. The van der Waals surface area contributed by atoms with Crippen molar-refractivity contribution in [1.82, 2.24) is 0 Å². The van der Waals surface area contributed by atoms with E-state index in [0.717, 1.165) is 5.39 Å². The number of hydrogen-bond acceptors (Lipinski definition) is 4. The highest BCUT2D eigenvalue weighted by Gasteiger charge is 2.22. The summed E-state index contributed by atoms with van der Waals surface area (Å²) in [6, 6.07) is 6.17. The molecule has 0 spiro atoms. The first-order valence-corrected chi connectivity index (χ1v) is 10.2. The summed E-state index contributed by atoms with van der Waals surface area (Å²) in [5.74, 6) is 0.686. The van der Waals surface area contributed by atoms with Crippen molar-refractivity contribution in [1.29, 1.82) is 0 Å². The van der Waals surface area contributed by atoms with Crippen LogP contribution in [0.1, 0.15) is 56.3 Å². The molecule has 1 fully saturated rings. The molecule has 4 nitrogen and oxygen atoms in total. The second-order valence-electron chi connectivity index (χ2n) is 6.38. The molecule has 0 saturated heterocycles. The highest BCUT2D eigenvalue weighted by Crippen LogP contribution is 2.36. The van der Waals surface area contributed by atoms with E-state index in [1.807, 2.05) is 6.07 Å². The number of rotatable bonds is 5. The van der Waals surface area contributed by atoms with Crippen LogP contribution in [0, 0.1) is 0 Å². The van der Waals surface area contributed by atoms with E-state index in [1.165, 1.54) is 37.7 Å². The highest BCUT2D eigenvalue weighted by atomic mass is 32.2. The fourth-order valence-electron chi connectivity index (χ4n) is 3.61. The van der Waals surface area contributed by atoms with Crippen LogP contribution < -0.4 is 0 Å². The third-order valence-electron chi connectivity index (χ3n) is 4.71. The third kappa shape index (κ3) is 3.56. The second-order valence-corrected chi connectivity index (χ2v) is 7.70. The molecule has 0 amide bonds. The molecule has 3 rings (SSSR count). The van der Waals surface area contributed by atoms with Gasteiger partial charge in [-0.1, -0.05) is 25.3 Å². The minimum absolute atomic E-state index is 0.0240. The average Bonchev–Trinajstić information content (AvgIpc) is 2.92. The SMILES string of the molecule is CCOC(=O)Cc1oc2ccc(C3CCCCC3)cc2c1S(C)=O. The molecule has 0 N–H and O–H groups in total. The van der Waals surface area contributed by atoms with E-state index in [4.69, 9.17) is 9.15 Å². The number of carbonyl (C=O) groups is 1. The van der Waals surface area contributed by atoms with Crippen molar-refractivity contribution >= 4 is 27.7 Å². The van der Waals surface area contributed by atoms with Crippen LogP contribution in [0.15, 0.2) is 27.5 Å². The molecule has 1 aromatic heterocycles. The number of ether oxygens (including phenoxy) is 1. The maximum Gasteiger partial charge on any atom is 0.313 e. The van der Waals surface area contributed by atoms with E-state index in [1.54, 1.807) is 13.2 Å². The zero-order valence-electron chi connectivity index (χ0n) is 14.3. The third-order valence-corrected chi connectivity index (χ3v) is 5.73. The van der Waals surface area contributed by atoms with Crippen molar-refractivity contribution in [3.8, 4) is 0 Å². The molecule has 1 atom stereocenters. The summed E-state index contributed by atoms with van der Waals surface area (Å²) >= 11 is 0. The predicted molar refractivity (Wildman–Crippen MR) is 94.7 cm³/mol. The molecule has 1 aliphatic carbocycles. The van der Waals surface area contributed by atoms with Gasteiger partial charge in [-0.25, -0.2) is 0 Å². The van der Waals surface area contributed by atoms with Crippen LogP contribution in [0.3, 0.4) is 0 Å². The van der Waals surface area contributed by atoms with Crippen LogP contribution >= 0.6 is 0 Å². The Morgan fingerprint density at radius 3 is 2.71 bits per heavy atom. The summed E-state index contributed by atoms with van der Waals surface area (Å²) in [5.41, 5.74) is 1.98. The van der Waals surface area contributed by atoms with Gasteiger partial charge in [-0.3, -0.25) is 9.00 Å². The Bertz CT molecular complexity index is 756. The molecule has 1 aliphatic rings. The summed E-state index contributed by atoms with van der Waals surface area (Å²) in [6.45, 7) is 2.10. The highest BCUT2D eigenvalue weighted by molar-refractivity contribution is 7.84. The molecular weight excluding hydrogens is 324 g/mol. The standard InChI is InChI=1S/C19H24O4S/c1-3-22-18(20)12-17-19(24(2)21)15-11-14(9-10-16(15)23-17)13-7-5-4-6-8-13/h9-11,13H,3-8,12H2,1-2H3. The summed E-state index contributed by atoms with van der Waals surface area (Å²) in [4.78, 5) is 12.4. The zero-order chi connectivity index (χ0) is 17.1. The van der Waals surface area contributed by atoms with Gasteiger partial charge in [-0.05, 0) is 43.4 Å². The van der Waals surface area contributed by atoms with Gasteiger partial charge in [0.05, 0.1) is 22.3 Å². The van der Waals surface area contributed by atoms with Crippen molar-refractivity contribution in [2.75, 3.05) is 12.9 Å². The lowest BCUT2D eigenvalue weighted by Crippen LogP contribution is -2.08. The summed E-state index contributed by atoms with van der Waals surface area (Å²) in [6.07, 6.45) is 7.94. The number of fused-ring (bicyclic) bond motifs is 1. The Labute approximate surface area is 145 Å². The van der Waals surface area contributed by atoms with E-state index >= 15 is 0 Å². The Balaban J connectivity index is 1.99. The van der Waals surface area contributed by atoms with Crippen LogP contribution in [-0.4, -0.2) is 23.0 Å². The van der Waals surface area contributed by atoms with Gasteiger partial charge in [0.15, 0.2) is 0 Å². The lowest BCUT2D eigenvalue weighted by molar-refractivity contribution is -0.142. The molecule has 1 aromatic carbocycles. The van der Waals surface area contributed by atoms with Crippen LogP contribution in [0.25, 0.3) is 11.0 Å². The normalized spacial score (nSPS) is 17.1. The maximum atomic E-state index is 12.3. The Kier molecular flexibility index (Phi) is 5.39. The van der Waals surface area contributed by atoms with Gasteiger partial charge in [0.1, 0.15) is 17.8 Å². The Morgan fingerprint density at radius 1 is 1.29 bits per heavy atom. The molecule has 1 saturated carbocycles. The molecule has 5 heteroatoms. The van der Waals surface area contributed by atoms with Gasteiger partial charge in [0.2, 0.25) is 0 Å². The molecule has 2 aromatic rings. The molecule has 0 bridgehead atoms. The van der Waals surface area contributed by atoms with Crippen molar-refractivity contribution < 1.29 is 18.2 Å². The minimum atomic E-state index is -1.22.